The van der Waals surface area contributed by atoms with Gasteiger partial charge in [0.1, 0.15) is 0 Å². The van der Waals surface area contributed by atoms with Gasteiger partial charge in [0.05, 0.1) is 25.0 Å². The number of hydrogen-bond donors (Lipinski definition) is 1. The maximum absolute atomic E-state index is 12.9. The summed E-state index contributed by atoms with van der Waals surface area (Å²) in [4.78, 5) is 12.9. The molecule has 0 radical (unpaired) electrons. The molecule has 1 N–H and O–H groups in total. The molecule has 0 aliphatic carbocycles. The van der Waals surface area contributed by atoms with Crippen molar-refractivity contribution in [3.05, 3.63) is 58.1 Å². The van der Waals surface area contributed by atoms with Crippen molar-refractivity contribution in [2.45, 2.75) is 45.4 Å². The molecule has 0 spiro atoms. The number of rotatable bonds is 10. The van der Waals surface area contributed by atoms with E-state index >= 15 is 0 Å². The van der Waals surface area contributed by atoms with Crippen LogP contribution in [0.2, 0.25) is 0 Å². The van der Waals surface area contributed by atoms with Crippen LogP contribution in [-0.2, 0) is 20.6 Å². The van der Waals surface area contributed by atoms with Gasteiger partial charge >= 0.3 is 0 Å². The molecule has 34 heavy (non-hydrogen) atoms. The molecule has 1 saturated heterocycles. The Morgan fingerprint density at radius 1 is 1.09 bits per heavy atom. The van der Waals surface area contributed by atoms with Crippen molar-refractivity contribution in [2.24, 2.45) is 5.92 Å². The third-order valence-electron chi connectivity index (χ3n) is 5.88. The van der Waals surface area contributed by atoms with Gasteiger partial charge < -0.3 is 14.8 Å². The lowest BCUT2D eigenvalue weighted by atomic mass is 9.96. The van der Waals surface area contributed by atoms with E-state index in [2.05, 4.69) is 21.2 Å². The highest BCUT2D eigenvalue weighted by Crippen LogP contribution is 2.31. The first-order valence-electron chi connectivity index (χ1n) is 11.7. The minimum Gasteiger partial charge on any atom is -0.490 e. The topological polar surface area (TPSA) is 84.9 Å². The summed E-state index contributed by atoms with van der Waals surface area (Å²) >= 11 is 3.38. The Bertz CT molecular complexity index is 1080. The van der Waals surface area contributed by atoms with E-state index in [-0.39, 0.29) is 23.6 Å². The number of nitrogens with one attached hydrogen (secondary N) is 1. The Morgan fingerprint density at radius 2 is 1.76 bits per heavy atom. The van der Waals surface area contributed by atoms with Gasteiger partial charge in [-0.3, -0.25) is 4.79 Å². The van der Waals surface area contributed by atoms with E-state index in [9.17, 15) is 13.2 Å². The van der Waals surface area contributed by atoms with E-state index in [1.54, 1.807) is 0 Å². The Morgan fingerprint density at radius 3 is 2.41 bits per heavy atom. The Balaban J connectivity index is 1.56. The molecule has 2 aromatic carbocycles. The Labute approximate surface area is 211 Å². The number of carbonyl (C=O) groups is 1. The standard InChI is InChI=1S/C25H33BrN2O5S/c1-4-32-23-10-9-21(16-24(23)33-5-2)18(3)27-25(29)20-11-13-28(14-12-20)34(30,31)17-19-7-6-8-22(26)15-19/h6-10,15-16,18,20H,4-5,11-14,17H2,1-3H3,(H,27,29)/t18-/m0/s1. The van der Waals surface area contributed by atoms with Gasteiger partial charge in [-0.2, -0.15) is 0 Å². The highest BCUT2D eigenvalue weighted by molar-refractivity contribution is 9.10. The monoisotopic (exact) mass is 552 g/mol. The van der Waals surface area contributed by atoms with Gasteiger partial charge in [-0.25, -0.2) is 12.7 Å². The van der Waals surface area contributed by atoms with E-state index in [0.29, 0.717) is 50.6 Å². The smallest absolute Gasteiger partial charge is 0.223 e. The molecular weight excluding hydrogens is 520 g/mol. The van der Waals surface area contributed by atoms with E-state index in [1.165, 1.54) is 4.31 Å². The minimum absolute atomic E-state index is 0.0414. The molecule has 0 saturated carbocycles. The van der Waals surface area contributed by atoms with E-state index in [4.69, 9.17) is 9.47 Å². The fraction of sp³-hybridized carbons (Fsp3) is 0.480. The summed E-state index contributed by atoms with van der Waals surface area (Å²) in [5.41, 5.74) is 1.67. The van der Waals surface area contributed by atoms with Crippen molar-refractivity contribution in [3.63, 3.8) is 0 Å². The van der Waals surface area contributed by atoms with Crippen molar-refractivity contribution in [1.29, 1.82) is 0 Å². The van der Waals surface area contributed by atoms with E-state index in [0.717, 1.165) is 15.6 Å². The molecular formula is C25H33BrN2O5S. The first-order chi connectivity index (χ1) is 16.2. The Hall–Kier alpha value is -2.10. The van der Waals surface area contributed by atoms with Crippen LogP contribution in [0.1, 0.15) is 50.8 Å². The molecule has 1 aliphatic rings. The predicted molar refractivity (Wildman–Crippen MR) is 136 cm³/mol. The number of ether oxygens (including phenoxy) is 2. The Kier molecular flexibility index (Phi) is 9.39. The highest BCUT2D eigenvalue weighted by atomic mass is 79.9. The van der Waals surface area contributed by atoms with Crippen LogP contribution in [0.3, 0.4) is 0 Å². The fourth-order valence-corrected chi connectivity index (χ4v) is 6.07. The lowest BCUT2D eigenvalue weighted by Crippen LogP contribution is -2.43. The summed E-state index contributed by atoms with van der Waals surface area (Å²) in [6, 6.07) is 12.8. The second-order valence-corrected chi connectivity index (χ2v) is 11.2. The summed E-state index contributed by atoms with van der Waals surface area (Å²) < 4.78 is 39.4. The number of piperidine rings is 1. The zero-order chi connectivity index (χ0) is 24.7. The van der Waals surface area contributed by atoms with Crippen molar-refractivity contribution < 1.29 is 22.7 Å². The molecule has 7 nitrogen and oxygen atoms in total. The van der Waals surface area contributed by atoms with E-state index < -0.39 is 10.0 Å². The number of nitrogens with zero attached hydrogens (tertiary/aromatic N) is 1. The fourth-order valence-electron chi connectivity index (χ4n) is 4.08. The van der Waals surface area contributed by atoms with Gasteiger partial charge in [0, 0.05) is 23.5 Å². The summed E-state index contributed by atoms with van der Waals surface area (Å²) in [6.45, 7) is 7.53. The van der Waals surface area contributed by atoms with Crippen molar-refractivity contribution in [3.8, 4) is 11.5 Å². The molecule has 0 bridgehead atoms. The molecule has 1 atom stereocenters. The third-order valence-corrected chi connectivity index (χ3v) is 8.23. The van der Waals surface area contributed by atoms with Gasteiger partial charge in [0.25, 0.3) is 0 Å². The van der Waals surface area contributed by atoms with Crippen molar-refractivity contribution in [2.75, 3.05) is 26.3 Å². The number of sulfonamides is 1. The molecule has 0 aromatic heterocycles. The summed E-state index contributed by atoms with van der Waals surface area (Å²) in [6.07, 6.45) is 1.01. The van der Waals surface area contributed by atoms with Crippen LogP contribution in [0.25, 0.3) is 0 Å². The molecule has 1 heterocycles. The predicted octanol–water partition coefficient (Wildman–Crippen LogP) is 4.67. The summed E-state index contributed by atoms with van der Waals surface area (Å²) in [5.74, 6) is 1.03. The average Bonchev–Trinajstić information content (AvgIpc) is 2.80. The molecule has 1 aliphatic heterocycles. The second-order valence-electron chi connectivity index (χ2n) is 8.36. The van der Waals surface area contributed by atoms with E-state index in [1.807, 2.05) is 63.2 Å². The zero-order valence-corrected chi connectivity index (χ0v) is 22.3. The van der Waals surface area contributed by atoms with Crippen LogP contribution < -0.4 is 14.8 Å². The molecule has 9 heteroatoms. The van der Waals surface area contributed by atoms with Gasteiger partial charge in [0.15, 0.2) is 11.5 Å². The maximum Gasteiger partial charge on any atom is 0.223 e. The number of carbonyl (C=O) groups excluding carboxylic acids is 1. The van der Waals surface area contributed by atoms with Crippen LogP contribution in [0.5, 0.6) is 11.5 Å². The van der Waals surface area contributed by atoms with Crippen LogP contribution in [-0.4, -0.2) is 44.9 Å². The average molecular weight is 554 g/mol. The van der Waals surface area contributed by atoms with Crippen molar-refractivity contribution in [1.82, 2.24) is 9.62 Å². The van der Waals surface area contributed by atoms with Gasteiger partial charge in [-0.15, -0.1) is 0 Å². The lowest BCUT2D eigenvalue weighted by molar-refractivity contribution is -0.126. The molecule has 186 valence electrons. The van der Waals surface area contributed by atoms with Gasteiger partial charge in [-0.05, 0) is 69.0 Å². The summed E-state index contributed by atoms with van der Waals surface area (Å²) in [7, 11) is -3.43. The van der Waals surface area contributed by atoms with Gasteiger partial charge in [0.2, 0.25) is 15.9 Å². The van der Waals surface area contributed by atoms with Crippen LogP contribution in [0.4, 0.5) is 0 Å². The number of amides is 1. The van der Waals surface area contributed by atoms with Crippen molar-refractivity contribution >= 4 is 31.9 Å². The summed E-state index contributed by atoms with van der Waals surface area (Å²) in [5, 5.41) is 3.08. The van der Waals surface area contributed by atoms with Crippen LogP contribution in [0, 0.1) is 5.92 Å². The quantitative estimate of drug-likeness (QED) is 0.463. The highest BCUT2D eigenvalue weighted by Gasteiger charge is 2.31. The first kappa shape index (κ1) is 26.5. The van der Waals surface area contributed by atoms with Gasteiger partial charge in [-0.1, -0.05) is 34.1 Å². The lowest BCUT2D eigenvalue weighted by Gasteiger charge is -2.31. The third kappa shape index (κ3) is 6.96. The maximum atomic E-state index is 12.9. The molecule has 3 rings (SSSR count). The minimum atomic E-state index is -3.43. The number of benzene rings is 2. The van der Waals surface area contributed by atoms with Crippen LogP contribution in [0.15, 0.2) is 46.9 Å². The first-order valence-corrected chi connectivity index (χ1v) is 14.1. The molecule has 1 fully saturated rings. The number of halogens is 1. The molecule has 1 amide bonds. The van der Waals surface area contributed by atoms with Crippen LogP contribution >= 0.6 is 15.9 Å². The largest absolute Gasteiger partial charge is 0.490 e. The molecule has 2 aromatic rings. The zero-order valence-electron chi connectivity index (χ0n) is 19.9. The number of hydrogen-bond acceptors (Lipinski definition) is 5. The second kappa shape index (κ2) is 12.0. The molecule has 0 unspecified atom stereocenters. The normalized spacial score (nSPS) is 16.1. The SMILES string of the molecule is CCOc1ccc([C@H](C)NC(=O)C2CCN(S(=O)(=O)Cc3cccc(Br)c3)CC2)cc1OCC.